The number of ether oxygens (including phenoxy) is 1. The van der Waals surface area contributed by atoms with E-state index in [0.717, 1.165) is 14.9 Å². The lowest BCUT2D eigenvalue weighted by atomic mass is 10.1. The van der Waals surface area contributed by atoms with Crippen molar-refractivity contribution >= 4 is 45.5 Å². The van der Waals surface area contributed by atoms with Gasteiger partial charge in [0, 0.05) is 10.0 Å². The van der Waals surface area contributed by atoms with Crippen LogP contribution in [0.25, 0.3) is 17.4 Å². The van der Waals surface area contributed by atoms with Crippen LogP contribution in [0.15, 0.2) is 75.1 Å². The van der Waals surface area contributed by atoms with Crippen molar-refractivity contribution < 1.29 is 23.5 Å². The lowest BCUT2D eigenvalue weighted by Crippen LogP contribution is -2.54. The average Bonchev–Trinajstić information content (AvgIpc) is 3.21. The molecule has 0 unspecified atom stereocenters. The number of methoxy groups -OCH3 is 1. The van der Waals surface area contributed by atoms with Crippen LogP contribution >= 0.6 is 15.9 Å². The number of amides is 4. The monoisotopic (exact) mass is 466 g/mol. The van der Waals surface area contributed by atoms with Gasteiger partial charge in [0.15, 0.2) is 0 Å². The Bertz CT molecular complexity index is 1160. The quantitative estimate of drug-likeness (QED) is 0.455. The van der Waals surface area contributed by atoms with E-state index in [9.17, 15) is 14.4 Å². The number of barbiturate groups is 1. The molecule has 0 aliphatic carbocycles. The van der Waals surface area contributed by atoms with Crippen molar-refractivity contribution in [2.75, 3.05) is 12.0 Å². The van der Waals surface area contributed by atoms with Gasteiger partial charge in [-0.1, -0.05) is 28.1 Å². The van der Waals surface area contributed by atoms with Gasteiger partial charge in [-0.3, -0.25) is 14.9 Å². The maximum absolute atomic E-state index is 12.9. The SMILES string of the molecule is COc1ccc(N2C(=O)NC(=O)/C(=C/c3ccc(-c4ccc(Br)cc4)o3)C2=O)cc1. The lowest BCUT2D eigenvalue weighted by molar-refractivity contribution is -0.122. The molecule has 2 heterocycles. The third-order valence-corrected chi connectivity index (χ3v) is 5.00. The van der Waals surface area contributed by atoms with Gasteiger partial charge in [-0.25, -0.2) is 9.69 Å². The highest BCUT2D eigenvalue weighted by Crippen LogP contribution is 2.27. The Morgan fingerprint density at radius 3 is 2.33 bits per heavy atom. The van der Waals surface area contributed by atoms with E-state index in [0.29, 0.717) is 23.0 Å². The Labute approximate surface area is 180 Å². The molecule has 7 nitrogen and oxygen atoms in total. The minimum atomic E-state index is -0.817. The number of urea groups is 1. The smallest absolute Gasteiger partial charge is 0.335 e. The summed E-state index contributed by atoms with van der Waals surface area (Å²) in [7, 11) is 1.51. The number of benzene rings is 2. The van der Waals surface area contributed by atoms with Gasteiger partial charge in [0.05, 0.1) is 12.8 Å². The molecule has 1 saturated heterocycles. The van der Waals surface area contributed by atoms with Gasteiger partial charge in [0.2, 0.25) is 0 Å². The number of hydrogen-bond acceptors (Lipinski definition) is 5. The largest absolute Gasteiger partial charge is 0.497 e. The Morgan fingerprint density at radius 2 is 1.67 bits per heavy atom. The molecule has 1 aliphatic heterocycles. The number of furan rings is 1. The van der Waals surface area contributed by atoms with Gasteiger partial charge < -0.3 is 9.15 Å². The predicted octanol–water partition coefficient (Wildman–Crippen LogP) is 4.38. The number of hydrogen-bond donors (Lipinski definition) is 1. The van der Waals surface area contributed by atoms with Crippen molar-refractivity contribution in [3.05, 3.63) is 76.5 Å². The Morgan fingerprint density at radius 1 is 0.967 bits per heavy atom. The Balaban J connectivity index is 1.65. The van der Waals surface area contributed by atoms with Crippen LogP contribution in [-0.4, -0.2) is 25.0 Å². The fourth-order valence-corrected chi connectivity index (χ4v) is 3.23. The van der Waals surface area contributed by atoms with E-state index in [1.165, 1.54) is 13.2 Å². The number of rotatable bonds is 4. The molecule has 1 aliphatic rings. The molecule has 4 amide bonds. The summed E-state index contributed by atoms with van der Waals surface area (Å²) in [6.07, 6.45) is 1.32. The highest BCUT2D eigenvalue weighted by atomic mass is 79.9. The maximum atomic E-state index is 12.9. The lowest BCUT2D eigenvalue weighted by Gasteiger charge is -2.26. The highest BCUT2D eigenvalue weighted by molar-refractivity contribution is 9.10. The summed E-state index contributed by atoms with van der Waals surface area (Å²) in [6, 6.07) is 16.4. The number of carbonyl (C=O) groups is 3. The van der Waals surface area contributed by atoms with Crippen LogP contribution < -0.4 is 15.0 Å². The van der Waals surface area contributed by atoms with E-state index in [1.54, 1.807) is 36.4 Å². The molecule has 2 aromatic carbocycles. The van der Waals surface area contributed by atoms with E-state index in [4.69, 9.17) is 9.15 Å². The van der Waals surface area contributed by atoms with E-state index >= 15 is 0 Å². The van der Waals surface area contributed by atoms with E-state index in [-0.39, 0.29) is 5.57 Å². The molecule has 1 fully saturated rings. The van der Waals surface area contributed by atoms with Crippen molar-refractivity contribution in [1.29, 1.82) is 0 Å². The Kier molecular flexibility index (Phi) is 5.24. The van der Waals surface area contributed by atoms with E-state index in [2.05, 4.69) is 21.2 Å². The predicted molar refractivity (Wildman–Crippen MR) is 114 cm³/mol. The van der Waals surface area contributed by atoms with E-state index in [1.807, 2.05) is 24.3 Å². The molecular weight excluding hydrogens is 452 g/mol. The highest BCUT2D eigenvalue weighted by Gasteiger charge is 2.37. The van der Waals surface area contributed by atoms with Crippen molar-refractivity contribution in [2.24, 2.45) is 0 Å². The zero-order valence-corrected chi connectivity index (χ0v) is 17.3. The fourth-order valence-electron chi connectivity index (χ4n) is 2.97. The van der Waals surface area contributed by atoms with E-state index < -0.39 is 17.8 Å². The third kappa shape index (κ3) is 3.77. The summed E-state index contributed by atoms with van der Waals surface area (Å²) in [5.41, 5.74) is 0.950. The first-order valence-corrected chi connectivity index (χ1v) is 9.67. The minimum absolute atomic E-state index is 0.206. The molecule has 4 rings (SSSR count). The van der Waals surface area contributed by atoms with Crippen LogP contribution in [0.3, 0.4) is 0 Å². The van der Waals surface area contributed by atoms with Crippen molar-refractivity contribution in [1.82, 2.24) is 5.32 Å². The van der Waals surface area contributed by atoms with Crippen LogP contribution in [-0.2, 0) is 9.59 Å². The molecule has 150 valence electrons. The first-order valence-electron chi connectivity index (χ1n) is 8.87. The third-order valence-electron chi connectivity index (χ3n) is 4.47. The summed E-state index contributed by atoms with van der Waals surface area (Å²) in [5, 5.41) is 2.18. The fraction of sp³-hybridized carbons (Fsp3) is 0.0455. The molecule has 1 aromatic heterocycles. The standard InChI is InChI=1S/C22H15BrN2O5/c1-29-16-8-6-15(7-9-16)25-21(27)18(20(26)24-22(25)28)12-17-10-11-19(30-17)13-2-4-14(23)5-3-13/h2-12H,1H3,(H,24,26,28)/b18-12-. The van der Waals surface area contributed by atoms with Crippen LogP contribution in [0.4, 0.5) is 10.5 Å². The zero-order chi connectivity index (χ0) is 21.3. The molecule has 0 radical (unpaired) electrons. The van der Waals surface area contributed by atoms with Crippen molar-refractivity contribution in [3.8, 4) is 17.1 Å². The average molecular weight is 467 g/mol. The number of nitrogens with zero attached hydrogens (tertiary/aromatic N) is 1. The second-order valence-electron chi connectivity index (χ2n) is 6.36. The summed E-state index contributed by atoms with van der Waals surface area (Å²) in [6.45, 7) is 0. The molecule has 8 heteroatoms. The van der Waals surface area contributed by atoms with Crippen LogP contribution in [0.2, 0.25) is 0 Å². The van der Waals surface area contributed by atoms with Gasteiger partial charge in [-0.05, 0) is 54.6 Å². The number of nitrogens with one attached hydrogen (secondary N) is 1. The summed E-state index contributed by atoms with van der Waals surface area (Å²) >= 11 is 3.38. The maximum Gasteiger partial charge on any atom is 0.335 e. The molecule has 0 atom stereocenters. The van der Waals surface area contributed by atoms with Crippen molar-refractivity contribution in [3.63, 3.8) is 0 Å². The molecule has 0 saturated carbocycles. The number of carbonyl (C=O) groups excluding carboxylic acids is 3. The molecule has 0 bridgehead atoms. The number of halogens is 1. The Hall–Kier alpha value is -3.65. The number of anilines is 1. The van der Waals surface area contributed by atoms with Gasteiger partial charge in [0.25, 0.3) is 11.8 Å². The molecular formula is C22H15BrN2O5. The first kappa shape index (κ1) is 19.7. The van der Waals surface area contributed by atoms with Crippen LogP contribution in [0.5, 0.6) is 5.75 Å². The van der Waals surface area contributed by atoms with Gasteiger partial charge in [-0.15, -0.1) is 0 Å². The van der Waals surface area contributed by atoms with Gasteiger partial charge in [0.1, 0.15) is 22.8 Å². The van der Waals surface area contributed by atoms with Crippen LogP contribution in [0.1, 0.15) is 5.76 Å². The first-order chi connectivity index (χ1) is 14.5. The molecule has 30 heavy (non-hydrogen) atoms. The van der Waals surface area contributed by atoms with Crippen LogP contribution in [0, 0.1) is 0 Å². The zero-order valence-electron chi connectivity index (χ0n) is 15.7. The minimum Gasteiger partial charge on any atom is -0.497 e. The second kappa shape index (κ2) is 8.00. The second-order valence-corrected chi connectivity index (χ2v) is 7.28. The van der Waals surface area contributed by atoms with Crippen molar-refractivity contribution in [2.45, 2.75) is 0 Å². The number of imide groups is 2. The molecule has 3 aromatic rings. The topological polar surface area (TPSA) is 88.8 Å². The molecule has 1 N–H and O–H groups in total. The summed E-state index contributed by atoms with van der Waals surface area (Å²) in [5.74, 6) is -0.0464. The molecule has 0 spiro atoms. The van der Waals surface area contributed by atoms with Gasteiger partial charge >= 0.3 is 6.03 Å². The normalized spacial score (nSPS) is 15.5. The van der Waals surface area contributed by atoms with Gasteiger partial charge in [-0.2, -0.15) is 0 Å². The summed E-state index contributed by atoms with van der Waals surface area (Å²) < 4.78 is 11.8. The summed E-state index contributed by atoms with van der Waals surface area (Å²) in [4.78, 5) is 38.4.